The molecule has 1 atom stereocenters. The van der Waals surface area contributed by atoms with Crippen molar-refractivity contribution in [1.29, 1.82) is 0 Å². The van der Waals surface area contributed by atoms with E-state index in [-0.39, 0.29) is 17.0 Å². The molecule has 0 aromatic carbocycles. The van der Waals surface area contributed by atoms with Gasteiger partial charge in [-0.15, -0.1) is 11.8 Å². The number of thioether (sulfide) groups is 1. The van der Waals surface area contributed by atoms with Gasteiger partial charge in [0.2, 0.25) is 5.91 Å². The third-order valence-corrected chi connectivity index (χ3v) is 3.89. The van der Waals surface area contributed by atoms with Crippen molar-refractivity contribution in [3.8, 4) is 0 Å². The first-order valence-electron chi connectivity index (χ1n) is 5.59. The Morgan fingerprint density at radius 1 is 1.56 bits per heavy atom. The molecule has 1 heterocycles. The number of carbonyl (C=O) groups is 1. The van der Waals surface area contributed by atoms with Crippen LogP contribution in [0.3, 0.4) is 0 Å². The molecule has 92 valence electrons. The highest BCUT2D eigenvalue weighted by atomic mass is 32.2. The molecule has 1 aliphatic heterocycles. The van der Waals surface area contributed by atoms with E-state index in [0.29, 0.717) is 13.0 Å². The molecule has 16 heavy (non-hydrogen) atoms. The minimum absolute atomic E-state index is 0.157. The van der Waals surface area contributed by atoms with Gasteiger partial charge in [-0.2, -0.15) is 0 Å². The lowest BCUT2D eigenvalue weighted by Gasteiger charge is -2.09. The lowest BCUT2D eigenvalue weighted by molar-refractivity contribution is -0.120. The molecule has 0 aromatic heterocycles. The summed E-state index contributed by atoms with van der Waals surface area (Å²) in [5, 5.41) is 14.3. The predicted molar refractivity (Wildman–Crippen MR) is 65.7 cm³/mol. The molecule has 0 spiro atoms. The van der Waals surface area contributed by atoms with Gasteiger partial charge in [0, 0.05) is 13.0 Å². The first-order valence-corrected chi connectivity index (χ1v) is 6.64. The van der Waals surface area contributed by atoms with Crippen LogP contribution in [0, 0.1) is 0 Å². The van der Waals surface area contributed by atoms with Crippen LogP contribution in [-0.2, 0) is 4.79 Å². The van der Waals surface area contributed by atoms with E-state index in [2.05, 4.69) is 10.5 Å². The van der Waals surface area contributed by atoms with Crippen LogP contribution in [0.2, 0.25) is 0 Å². The summed E-state index contributed by atoms with van der Waals surface area (Å²) in [5.74, 6) is 1.51. The van der Waals surface area contributed by atoms with Crippen LogP contribution >= 0.6 is 11.8 Å². The van der Waals surface area contributed by atoms with E-state index in [1.807, 2.05) is 0 Å². The van der Waals surface area contributed by atoms with Gasteiger partial charge >= 0.3 is 0 Å². The molecule has 6 heteroatoms. The van der Waals surface area contributed by atoms with Gasteiger partial charge in [0.1, 0.15) is 5.84 Å². The van der Waals surface area contributed by atoms with Crippen LogP contribution < -0.4 is 11.1 Å². The molecular formula is C10H19N3O2S. The zero-order valence-electron chi connectivity index (χ0n) is 9.32. The second kappa shape index (κ2) is 7.38. The predicted octanol–water partition coefficient (Wildman–Crippen LogP) is 0.915. The zero-order chi connectivity index (χ0) is 11.8. The Morgan fingerprint density at radius 3 is 3.00 bits per heavy atom. The summed E-state index contributed by atoms with van der Waals surface area (Å²) < 4.78 is 0. The lowest BCUT2D eigenvalue weighted by atomic mass is 10.2. The van der Waals surface area contributed by atoms with Crippen molar-refractivity contribution < 1.29 is 10.0 Å². The molecule has 1 aliphatic rings. The minimum atomic E-state index is 0.157. The van der Waals surface area contributed by atoms with E-state index in [9.17, 15) is 4.79 Å². The van der Waals surface area contributed by atoms with Crippen molar-refractivity contribution in [3.05, 3.63) is 0 Å². The fraction of sp³-hybridized carbons (Fsp3) is 0.800. The SMILES string of the molecule is NC(CCCCNC(=O)C1CCCS1)=NO. The van der Waals surface area contributed by atoms with Crippen molar-refractivity contribution in [2.24, 2.45) is 10.9 Å². The Labute approximate surface area is 99.8 Å². The number of unbranched alkanes of at least 4 members (excludes halogenated alkanes) is 1. The van der Waals surface area contributed by atoms with Gasteiger partial charge in [0.15, 0.2) is 0 Å². The third kappa shape index (κ3) is 4.74. The normalized spacial score (nSPS) is 21.0. The van der Waals surface area contributed by atoms with E-state index in [4.69, 9.17) is 10.9 Å². The number of amidine groups is 1. The number of oxime groups is 1. The van der Waals surface area contributed by atoms with Crippen molar-refractivity contribution in [1.82, 2.24) is 5.32 Å². The summed E-state index contributed by atoms with van der Waals surface area (Å²) in [6, 6.07) is 0. The number of hydrogen-bond acceptors (Lipinski definition) is 4. The van der Waals surface area contributed by atoms with E-state index in [1.165, 1.54) is 0 Å². The van der Waals surface area contributed by atoms with E-state index >= 15 is 0 Å². The van der Waals surface area contributed by atoms with E-state index in [0.717, 1.165) is 31.4 Å². The van der Waals surface area contributed by atoms with E-state index in [1.54, 1.807) is 11.8 Å². The summed E-state index contributed by atoms with van der Waals surface area (Å²) in [4.78, 5) is 11.6. The smallest absolute Gasteiger partial charge is 0.233 e. The first kappa shape index (κ1) is 13.2. The van der Waals surface area contributed by atoms with Crippen molar-refractivity contribution in [2.75, 3.05) is 12.3 Å². The lowest BCUT2D eigenvalue weighted by Crippen LogP contribution is -2.32. The molecule has 0 aliphatic carbocycles. The van der Waals surface area contributed by atoms with Crippen molar-refractivity contribution in [2.45, 2.75) is 37.4 Å². The molecule has 1 saturated heterocycles. The second-order valence-electron chi connectivity index (χ2n) is 3.84. The summed E-state index contributed by atoms with van der Waals surface area (Å²) in [6.07, 6.45) is 4.41. The zero-order valence-corrected chi connectivity index (χ0v) is 10.1. The highest BCUT2D eigenvalue weighted by Crippen LogP contribution is 2.25. The Bertz CT molecular complexity index is 252. The molecule has 0 aromatic rings. The number of carbonyl (C=O) groups excluding carboxylic acids is 1. The number of nitrogens with one attached hydrogen (secondary N) is 1. The molecular weight excluding hydrogens is 226 g/mol. The van der Waals surface area contributed by atoms with Crippen molar-refractivity contribution >= 4 is 23.5 Å². The van der Waals surface area contributed by atoms with Crippen LogP contribution in [-0.4, -0.2) is 34.5 Å². The molecule has 1 amide bonds. The number of nitrogens with zero attached hydrogens (tertiary/aromatic N) is 1. The fourth-order valence-electron chi connectivity index (χ4n) is 1.59. The summed E-state index contributed by atoms with van der Waals surface area (Å²) in [5.41, 5.74) is 5.32. The summed E-state index contributed by atoms with van der Waals surface area (Å²) in [6.45, 7) is 0.675. The largest absolute Gasteiger partial charge is 0.409 e. The minimum Gasteiger partial charge on any atom is -0.409 e. The topological polar surface area (TPSA) is 87.7 Å². The van der Waals surface area contributed by atoms with Crippen molar-refractivity contribution in [3.63, 3.8) is 0 Å². The van der Waals surface area contributed by atoms with Gasteiger partial charge in [0.05, 0.1) is 5.25 Å². The monoisotopic (exact) mass is 245 g/mol. The first-order chi connectivity index (χ1) is 7.74. The highest BCUT2D eigenvalue weighted by Gasteiger charge is 2.22. The van der Waals surface area contributed by atoms with Gasteiger partial charge < -0.3 is 16.3 Å². The fourth-order valence-corrected chi connectivity index (χ4v) is 2.78. The van der Waals surface area contributed by atoms with Gasteiger partial charge in [-0.25, -0.2) is 0 Å². The summed E-state index contributed by atoms with van der Waals surface area (Å²) >= 11 is 1.74. The van der Waals surface area contributed by atoms with Crippen LogP contribution in [0.25, 0.3) is 0 Å². The number of amides is 1. The molecule has 0 radical (unpaired) electrons. The molecule has 1 fully saturated rings. The Balaban J connectivity index is 2.00. The molecule has 1 unspecified atom stereocenters. The number of rotatable bonds is 6. The maximum absolute atomic E-state index is 11.6. The van der Waals surface area contributed by atoms with Gasteiger partial charge in [-0.3, -0.25) is 4.79 Å². The quantitative estimate of drug-likeness (QED) is 0.213. The highest BCUT2D eigenvalue weighted by molar-refractivity contribution is 8.00. The molecule has 0 bridgehead atoms. The third-order valence-electron chi connectivity index (χ3n) is 2.51. The average molecular weight is 245 g/mol. The molecule has 0 saturated carbocycles. The number of hydrogen-bond donors (Lipinski definition) is 3. The standard InChI is InChI=1S/C10H19N3O2S/c11-9(13-15)5-1-2-6-12-10(14)8-4-3-7-16-8/h8,15H,1-7H2,(H2,11,13)(H,12,14). The second-order valence-corrected chi connectivity index (χ2v) is 5.15. The molecule has 1 rings (SSSR count). The summed E-state index contributed by atoms with van der Waals surface area (Å²) in [7, 11) is 0. The number of nitrogens with two attached hydrogens (primary N) is 1. The van der Waals surface area contributed by atoms with Crippen LogP contribution in [0.5, 0.6) is 0 Å². The Morgan fingerprint density at radius 2 is 2.38 bits per heavy atom. The van der Waals surface area contributed by atoms with Gasteiger partial charge in [0.25, 0.3) is 0 Å². The van der Waals surface area contributed by atoms with Crippen LogP contribution in [0.1, 0.15) is 32.1 Å². The molecule has 5 nitrogen and oxygen atoms in total. The Kier molecular flexibility index (Phi) is 6.07. The van der Waals surface area contributed by atoms with E-state index < -0.39 is 0 Å². The molecule has 4 N–H and O–H groups in total. The van der Waals surface area contributed by atoms with Gasteiger partial charge in [-0.05, 0) is 31.4 Å². The van der Waals surface area contributed by atoms with Gasteiger partial charge in [-0.1, -0.05) is 5.16 Å². The van der Waals surface area contributed by atoms with Crippen LogP contribution in [0.4, 0.5) is 0 Å². The maximum atomic E-state index is 11.6. The van der Waals surface area contributed by atoms with Crippen LogP contribution in [0.15, 0.2) is 5.16 Å². The average Bonchev–Trinajstić information content (AvgIpc) is 2.81. The maximum Gasteiger partial charge on any atom is 0.233 e. The Hall–Kier alpha value is -0.910.